The zero-order valence-electron chi connectivity index (χ0n) is 12.1. The highest BCUT2D eigenvalue weighted by molar-refractivity contribution is 7.15. The number of fused-ring (bicyclic) bond motifs is 1. The van der Waals surface area contributed by atoms with Crippen molar-refractivity contribution < 1.29 is 9.90 Å². The van der Waals surface area contributed by atoms with Crippen molar-refractivity contribution in [2.75, 3.05) is 31.1 Å². The first-order chi connectivity index (χ1) is 10.2. The minimum Gasteiger partial charge on any atom is -0.481 e. The van der Waals surface area contributed by atoms with E-state index in [0.717, 1.165) is 36.8 Å². The van der Waals surface area contributed by atoms with E-state index >= 15 is 0 Å². The SMILES string of the molecule is O=C(O)C1CCc2sc(N3CCC(N4CCCC4)C3)nc21. The molecule has 0 bridgehead atoms. The number of carboxylic acids is 1. The normalized spacial score (nSPS) is 29.2. The molecule has 3 aliphatic rings. The van der Waals surface area contributed by atoms with E-state index in [2.05, 4.69) is 14.8 Å². The highest BCUT2D eigenvalue weighted by atomic mass is 32.1. The number of nitrogens with zero attached hydrogens (tertiary/aromatic N) is 3. The van der Waals surface area contributed by atoms with Crippen molar-refractivity contribution in [3.8, 4) is 0 Å². The summed E-state index contributed by atoms with van der Waals surface area (Å²) in [6.45, 7) is 4.61. The van der Waals surface area contributed by atoms with Gasteiger partial charge in [0.2, 0.25) is 0 Å². The second-order valence-corrected chi connectivity index (χ2v) is 7.43. The van der Waals surface area contributed by atoms with Gasteiger partial charge in [-0.05, 0) is 45.2 Å². The Bertz CT molecular complexity index is 553. The van der Waals surface area contributed by atoms with Crippen LogP contribution in [0.25, 0.3) is 0 Å². The van der Waals surface area contributed by atoms with Crippen LogP contribution in [0.5, 0.6) is 0 Å². The Morgan fingerprint density at radius 3 is 2.81 bits per heavy atom. The van der Waals surface area contributed by atoms with E-state index in [0.29, 0.717) is 6.04 Å². The number of anilines is 1. The predicted octanol–water partition coefficient (Wildman–Crippen LogP) is 1.93. The van der Waals surface area contributed by atoms with Gasteiger partial charge in [0.1, 0.15) is 5.92 Å². The van der Waals surface area contributed by atoms with Gasteiger partial charge in [-0.2, -0.15) is 0 Å². The summed E-state index contributed by atoms with van der Waals surface area (Å²) in [6.07, 6.45) is 5.49. The van der Waals surface area contributed by atoms with Gasteiger partial charge in [-0.25, -0.2) is 4.98 Å². The van der Waals surface area contributed by atoms with Crippen LogP contribution < -0.4 is 4.90 Å². The summed E-state index contributed by atoms with van der Waals surface area (Å²) < 4.78 is 0. The maximum absolute atomic E-state index is 11.3. The monoisotopic (exact) mass is 307 g/mol. The lowest BCUT2D eigenvalue weighted by atomic mass is 10.1. The number of rotatable bonds is 3. The Hall–Kier alpha value is -1.14. The standard InChI is InChI=1S/C15H21N3O2S/c19-14(20)11-3-4-12-13(11)16-15(21-12)18-8-5-10(9-18)17-6-1-2-7-17/h10-11H,1-9H2,(H,19,20). The van der Waals surface area contributed by atoms with Crippen LogP contribution in [0.2, 0.25) is 0 Å². The molecule has 4 rings (SSSR count). The first kappa shape index (κ1) is 13.5. The first-order valence-electron chi connectivity index (χ1n) is 7.94. The smallest absolute Gasteiger partial charge is 0.312 e. The van der Waals surface area contributed by atoms with Gasteiger partial charge in [0.25, 0.3) is 0 Å². The average Bonchev–Trinajstić information content (AvgIpc) is 3.21. The lowest BCUT2D eigenvalue weighted by Gasteiger charge is -2.23. The van der Waals surface area contributed by atoms with Gasteiger partial charge in [0.05, 0.1) is 5.69 Å². The van der Waals surface area contributed by atoms with Gasteiger partial charge in [-0.15, -0.1) is 11.3 Å². The Morgan fingerprint density at radius 2 is 2.05 bits per heavy atom. The van der Waals surface area contributed by atoms with Gasteiger partial charge < -0.3 is 10.0 Å². The van der Waals surface area contributed by atoms with Crippen molar-refractivity contribution >= 4 is 22.4 Å². The van der Waals surface area contributed by atoms with Gasteiger partial charge in [-0.3, -0.25) is 9.69 Å². The summed E-state index contributed by atoms with van der Waals surface area (Å²) in [5.41, 5.74) is 0.840. The minimum absolute atomic E-state index is 0.373. The summed E-state index contributed by atoms with van der Waals surface area (Å²) >= 11 is 1.72. The summed E-state index contributed by atoms with van der Waals surface area (Å²) in [4.78, 5) is 22.1. The molecule has 0 radical (unpaired) electrons. The number of hydrogen-bond donors (Lipinski definition) is 1. The summed E-state index contributed by atoms with van der Waals surface area (Å²) in [5, 5.41) is 10.3. The van der Waals surface area contributed by atoms with Crippen LogP contribution in [0.15, 0.2) is 0 Å². The van der Waals surface area contributed by atoms with Crippen LogP contribution in [0.1, 0.15) is 42.2 Å². The van der Waals surface area contributed by atoms with Gasteiger partial charge in [0, 0.05) is 24.0 Å². The Labute approximate surface area is 128 Å². The molecule has 114 valence electrons. The molecule has 2 atom stereocenters. The number of aryl methyl sites for hydroxylation is 1. The molecule has 21 heavy (non-hydrogen) atoms. The zero-order chi connectivity index (χ0) is 14.4. The molecular weight excluding hydrogens is 286 g/mol. The van der Waals surface area contributed by atoms with Crippen molar-refractivity contribution in [2.45, 2.75) is 44.1 Å². The van der Waals surface area contributed by atoms with Gasteiger partial charge >= 0.3 is 5.97 Å². The summed E-state index contributed by atoms with van der Waals surface area (Å²) in [7, 11) is 0. The molecule has 1 N–H and O–H groups in total. The van der Waals surface area contributed by atoms with Gasteiger partial charge in [0.15, 0.2) is 5.13 Å². The van der Waals surface area contributed by atoms with E-state index in [-0.39, 0.29) is 5.92 Å². The number of thiazole rings is 1. The molecule has 0 saturated carbocycles. The second-order valence-electron chi connectivity index (χ2n) is 6.37. The van der Waals surface area contributed by atoms with E-state index in [1.807, 2.05) is 0 Å². The second kappa shape index (κ2) is 5.25. The lowest BCUT2D eigenvalue weighted by Crippen LogP contribution is -2.35. The topological polar surface area (TPSA) is 56.7 Å². The Balaban J connectivity index is 1.48. The van der Waals surface area contributed by atoms with Crippen molar-refractivity contribution in [2.24, 2.45) is 0 Å². The van der Waals surface area contributed by atoms with Crippen molar-refractivity contribution in [3.05, 3.63) is 10.6 Å². The number of aromatic nitrogens is 1. The Kier molecular flexibility index (Phi) is 3.38. The van der Waals surface area contributed by atoms with Crippen LogP contribution >= 0.6 is 11.3 Å². The largest absolute Gasteiger partial charge is 0.481 e. The predicted molar refractivity (Wildman–Crippen MR) is 82.2 cm³/mol. The Morgan fingerprint density at radius 1 is 1.24 bits per heavy atom. The molecular formula is C15H21N3O2S. The molecule has 2 unspecified atom stereocenters. The third kappa shape index (κ3) is 2.34. The lowest BCUT2D eigenvalue weighted by molar-refractivity contribution is -0.138. The molecule has 2 fully saturated rings. The van der Waals surface area contributed by atoms with E-state index in [1.165, 1.54) is 37.2 Å². The molecule has 5 nitrogen and oxygen atoms in total. The molecule has 0 amide bonds. The number of carbonyl (C=O) groups is 1. The quantitative estimate of drug-likeness (QED) is 0.925. The molecule has 1 aliphatic carbocycles. The molecule has 2 aliphatic heterocycles. The average molecular weight is 307 g/mol. The maximum atomic E-state index is 11.3. The van der Waals surface area contributed by atoms with Gasteiger partial charge in [-0.1, -0.05) is 0 Å². The fourth-order valence-electron chi connectivity index (χ4n) is 3.91. The fraction of sp³-hybridized carbons (Fsp3) is 0.733. The van der Waals surface area contributed by atoms with Crippen LogP contribution in [0.3, 0.4) is 0 Å². The van der Waals surface area contributed by atoms with Crippen molar-refractivity contribution in [1.29, 1.82) is 0 Å². The van der Waals surface area contributed by atoms with E-state index in [1.54, 1.807) is 11.3 Å². The summed E-state index contributed by atoms with van der Waals surface area (Å²) in [5.74, 6) is -1.09. The van der Waals surface area contributed by atoms with Crippen molar-refractivity contribution in [3.63, 3.8) is 0 Å². The van der Waals surface area contributed by atoms with Crippen LogP contribution in [-0.2, 0) is 11.2 Å². The number of carboxylic acid groups (broad SMARTS) is 1. The van der Waals surface area contributed by atoms with Crippen molar-refractivity contribution in [1.82, 2.24) is 9.88 Å². The zero-order valence-corrected chi connectivity index (χ0v) is 12.9. The number of hydrogen-bond acceptors (Lipinski definition) is 5. The molecule has 2 saturated heterocycles. The molecule has 1 aromatic heterocycles. The number of aliphatic carboxylic acids is 1. The number of likely N-dealkylation sites (tertiary alicyclic amines) is 1. The highest BCUT2D eigenvalue weighted by Gasteiger charge is 2.35. The minimum atomic E-state index is -0.720. The van der Waals surface area contributed by atoms with E-state index in [4.69, 9.17) is 0 Å². The first-order valence-corrected chi connectivity index (χ1v) is 8.75. The third-order valence-electron chi connectivity index (χ3n) is 5.10. The molecule has 1 aromatic rings. The summed E-state index contributed by atoms with van der Waals surface area (Å²) in [6, 6.07) is 0.668. The van der Waals surface area contributed by atoms with Crippen LogP contribution in [0.4, 0.5) is 5.13 Å². The molecule has 3 heterocycles. The highest BCUT2D eigenvalue weighted by Crippen LogP contribution is 2.40. The molecule has 0 spiro atoms. The van der Waals surface area contributed by atoms with E-state index < -0.39 is 5.97 Å². The molecule has 0 aromatic carbocycles. The maximum Gasteiger partial charge on any atom is 0.312 e. The van der Waals surface area contributed by atoms with Crippen LogP contribution in [-0.4, -0.2) is 53.2 Å². The third-order valence-corrected chi connectivity index (χ3v) is 6.29. The fourth-order valence-corrected chi connectivity index (χ4v) is 5.08. The van der Waals surface area contributed by atoms with E-state index in [9.17, 15) is 9.90 Å². The van der Waals surface area contributed by atoms with Crippen LogP contribution in [0, 0.1) is 0 Å². The molecule has 6 heteroatoms.